The van der Waals surface area contributed by atoms with E-state index in [2.05, 4.69) is 0 Å². The second-order valence-electron chi connectivity index (χ2n) is 3.84. The van der Waals surface area contributed by atoms with Crippen molar-refractivity contribution in [3.05, 3.63) is 22.7 Å². The van der Waals surface area contributed by atoms with Crippen molar-refractivity contribution in [3.8, 4) is 5.75 Å². The van der Waals surface area contributed by atoms with Gasteiger partial charge in [-0.1, -0.05) is 11.6 Å². The summed E-state index contributed by atoms with van der Waals surface area (Å²) in [5.41, 5.74) is 1.96. The number of ether oxygens (including phenoxy) is 1. The largest absolute Gasteiger partial charge is 0.498 e. The lowest BCUT2D eigenvalue weighted by molar-refractivity contribution is 0.118. The van der Waals surface area contributed by atoms with Gasteiger partial charge in [0.1, 0.15) is 12.4 Å². The third-order valence-corrected chi connectivity index (χ3v) is 3.06. The van der Waals surface area contributed by atoms with Gasteiger partial charge in [-0.2, -0.15) is 0 Å². The molecule has 0 amide bonds. The Hall–Kier alpha value is -0.705. The summed E-state index contributed by atoms with van der Waals surface area (Å²) in [7, 11) is -0.314. The minimum absolute atomic E-state index is 0.0344. The highest BCUT2D eigenvalue weighted by atomic mass is 35.5. The third kappa shape index (κ3) is 1.44. The van der Waals surface area contributed by atoms with Crippen molar-refractivity contribution in [2.75, 3.05) is 6.61 Å². The van der Waals surface area contributed by atoms with Crippen LogP contribution in [0.25, 0.3) is 0 Å². The highest BCUT2D eigenvalue weighted by Gasteiger charge is 2.38. The fourth-order valence-corrected chi connectivity index (χ4v) is 2.17. The molecule has 0 saturated carbocycles. The summed E-state index contributed by atoms with van der Waals surface area (Å²) in [6, 6.07) is 3.72. The van der Waals surface area contributed by atoms with Crippen LogP contribution in [-0.4, -0.2) is 19.8 Å². The zero-order valence-electron chi connectivity index (χ0n) is 8.33. The standard InChI is InChI=1S/C10H10BClO3/c1-6-4-13-9-3-2-8(12)7-5-14-11(15-6)10(7)9/h2-3,6H,4-5H2,1H3. The van der Waals surface area contributed by atoms with Gasteiger partial charge in [-0.15, -0.1) is 0 Å². The predicted molar refractivity (Wildman–Crippen MR) is 57.7 cm³/mol. The second-order valence-corrected chi connectivity index (χ2v) is 4.25. The first-order valence-electron chi connectivity index (χ1n) is 4.97. The molecule has 1 atom stereocenters. The predicted octanol–water partition coefficient (Wildman–Crippen LogP) is 1.36. The Morgan fingerprint density at radius 2 is 2.33 bits per heavy atom. The second kappa shape index (κ2) is 3.40. The van der Waals surface area contributed by atoms with Crippen molar-refractivity contribution < 1.29 is 14.0 Å². The maximum Gasteiger partial charge on any atom is 0.498 e. The van der Waals surface area contributed by atoms with Gasteiger partial charge in [-0.3, -0.25) is 0 Å². The average Bonchev–Trinajstić information content (AvgIpc) is 2.55. The topological polar surface area (TPSA) is 27.7 Å². The van der Waals surface area contributed by atoms with E-state index in [0.29, 0.717) is 13.2 Å². The zero-order chi connectivity index (χ0) is 10.4. The van der Waals surface area contributed by atoms with Crippen LogP contribution in [-0.2, 0) is 15.9 Å². The molecule has 0 fully saturated rings. The molecule has 2 aliphatic rings. The smallest absolute Gasteiger partial charge is 0.491 e. The molecule has 0 aliphatic carbocycles. The van der Waals surface area contributed by atoms with E-state index in [1.54, 1.807) is 0 Å². The lowest BCUT2D eigenvalue weighted by Crippen LogP contribution is -2.34. The van der Waals surface area contributed by atoms with E-state index in [4.69, 9.17) is 25.6 Å². The van der Waals surface area contributed by atoms with Crippen LogP contribution < -0.4 is 10.2 Å². The Morgan fingerprint density at radius 1 is 1.47 bits per heavy atom. The molecule has 0 N–H and O–H groups in total. The Morgan fingerprint density at radius 3 is 3.20 bits per heavy atom. The van der Waals surface area contributed by atoms with Crippen molar-refractivity contribution in [2.24, 2.45) is 0 Å². The van der Waals surface area contributed by atoms with Crippen LogP contribution in [0.2, 0.25) is 5.02 Å². The van der Waals surface area contributed by atoms with Crippen LogP contribution >= 0.6 is 11.6 Å². The van der Waals surface area contributed by atoms with Crippen molar-refractivity contribution in [1.29, 1.82) is 0 Å². The number of rotatable bonds is 0. The van der Waals surface area contributed by atoms with Gasteiger partial charge in [0.25, 0.3) is 0 Å². The van der Waals surface area contributed by atoms with Crippen molar-refractivity contribution >= 4 is 24.2 Å². The maximum absolute atomic E-state index is 6.09. The summed E-state index contributed by atoms with van der Waals surface area (Å²) in [6.45, 7) is 3.02. The van der Waals surface area contributed by atoms with Crippen LogP contribution in [0.5, 0.6) is 5.75 Å². The quantitative estimate of drug-likeness (QED) is 0.623. The molecule has 3 nitrogen and oxygen atoms in total. The average molecular weight is 224 g/mol. The molecular formula is C10H10BClO3. The Balaban J connectivity index is 2.14. The molecule has 2 aliphatic heterocycles. The lowest BCUT2D eigenvalue weighted by atomic mass is 9.78. The van der Waals surface area contributed by atoms with Gasteiger partial charge in [0, 0.05) is 10.5 Å². The molecule has 0 radical (unpaired) electrons. The molecule has 3 rings (SSSR count). The monoisotopic (exact) mass is 224 g/mol. The highest BCUT2D eigenvalue weighted by Crippen LogP contribution is 2.28. The minimum Gasteiger partial charge on any atom is -0.491 e. The van der Waals surface area contributed by atoms with E-state index < -0.39 is 0 Å². The summed E-state index contributed by atoms with van der Waals surface area (Å²) >= 11 is 6.09. The molecule has 2 heterocycles. The molecule has 1 aromatic carbocycles. The fraction of sp³-hybridized carbons (Fsp3) is 0.400. The molecule has 15 heavy (non-hydrogen) atoms. The third-order valence-electron chi connectivity index (χ3n) is 2.70. The van der Waals surface area contributed by atoms with E-state index in [1.807, 2.05) is 19.1 Å². The van der Waals surface area contributed by atoms with E-state index in [1.165, 1.54) is 0 Å². The van der Waals surface area contributed by atoms with Crippen LogP contribution in [0.15, 0.2) is 12.1 Å². The zero-order valence-corrected chi connectivity index (χ0v) is 9.08. The summed E-state index contributed by atoms with van der Waals surface area (Å²) < 4.78 is 16.9. The first-order chi connectivity index (χ1) is 7.25. The molecule has 0 saturated heterocycles. The molecular weight excluding hydrogens is 214 g/mol. The van der Waals surface area contributed by atoms with E-state index in [9.17, 15) is 0 Å². The number of hydrogen-bond donors (Lipinski definition) is 0. The molecule has 1 aromatic rings. The minimum atomic E-state index is -0.314. The Kier molecular flexibility index (Phi) is 2.16. The Labute approximate surface area is 93.4 Å². The summed E-state index contributed by atoms with van der Waals surface area (Å²) in [5.74, 6) is 0.834. The molecule has 0 aromatic heterocycles. The number of halogens is 1. The van der Waals surface area contributed by atoms with Crippen LogP contribution in [0.3, 0.4) is 0 Å². The van der Waals surface area contributed by atoms with Gasteiger partial charge in [-0.05, 0) is 24.6 Å². The number of benzene rings is 1. The SMILES string of the molecule is CC1COc2ccc(Cl)c3c2B(OC3)O1. The maximum atomic E-state index is 6.09. The van der Waals surface area contributed by atoms with Gasteiger partial charge < -0.3 is 14.0 Å². The van der Waals surface area contributed by atoms with Crippen LogP contribution in [0.1, 0.15) is 12.5 Å². The molecule has 5 heteroatoms. The van der Waals surface area contributed by atoms with Crippen molar-refractivity contribution in [1.82, 2.24) is 0 Å². The first-order valence-corrected chi connectivity index (χ1v) is 5.34. The van der Waals surface area contributed by atoms with Gasteiger partial charge in [-0.25, -0.2) is 0 Å². The van der Waals surface area contributed by atoms with Gasteiger partial charge in [0.05, 0.1) is 12.7 Å². The lowest BCUT2D eigenvalue weighted by Gasteiger charge is -2.11. The highest BCUT2D eigenvalue weighted by molar-refractivity contribution is 6.64. The molecule has 0 bridgehead atoms. The van der Waals surface area contributed by atoms with Gasteiger partial charge in [0.2, 0.25) is 0 Å². The van der Waals surface area contributed by atoms with Gasteiger partial charge >= 0.3 is 7.12 Å². The first kappa shape index (κ1) is 9.52. The molecule has 78 valence electrons. The van der Waals surface area contributed by atoms with E-state index in [-0.39, 0.29) is 13.2 Å². The molecule has 0 spiro atoms. The molecule has 1 unspecified atom stereocenters. The van der Waals surface area contributed by atoms with E-state index in [0.717, 1.165) is 21.8 Å². The summed E-state index contributed by atoms with van der Waals surface area (Å²) in [5, 5.41) is 0.720. The van der Waals surface area contributed by atoms with E-state index >= 15 is 0 Å². The number of hydrogen-bond acceptors (Lipinski definition) is 3. The van der Waals surface area contributed by atoms with Crippen molar-refractivity contribution in [3.63, 3.8) is 0 Å². The summed E-state index contributed by atoms with van der Waals surface area (Å²) in [6.07, 6.45) is 0.0344. The van der Waals surface area contributed by atoms with Crippen LogP contribution in [0.4, 0.5) is 0 Å². The van der Waals surface area contributed by atoms with Crippen molar-refractivity contribution in [2.45, 2.75) is 19.6 Å². The van der Waals surface area contributed by atoms with Crippen LogP contribution in [0, 0.1) is 0 Å². The fourth-order valence-electron chi connectivity index (χ4n) is 1.95. The van der Waals surface area contributed by atoms with Gasteiger partial charge in [0.15, 0.2) is 0 Å². The summed E-state index contributed by atoms with van der Waals surface area (Å²) in [4.78, 5) is 0. The normalized spacial score (nSPS) is 23.3. The Bertz CT molecular complexity index is 410.